The quantitative estimate of drug-likeness (QED) is 0.800. The summed E-state index contributed by atoms with van der Waals surface area (Å²) < 4.78 is 27.6. The van der Waals surface area contributed by atoms with Gasteiger partial charge in [0.05, 0.1) is 41.5 Å². The van der Waals surface area contributed by atoms with Crippen LogP contribution in [0.5, 0.6) is 0 Å². The van der Waals surface area contributed by atoms with Gasteiger partial charge >= 0.3 is 0 Å². The number of hydrogen-bond acceptors (Lipinski definition) is 4. The Morgan fingerprint density at radius 1 is 1.21 bits per heavy atom. The Bertz CT molecular complexity index is 1010. The highest BCUT2D eigenvalue weighted by atomic mass is 19.2. The molecule has 3 aromatic rings. The predicted octanol–water partition coefficient (Wildman–Crippen LogP) is 2.28. The second-order valence-corrected chi connectivity index (χ2v) is 5.24. The fourth-order valence-corrected chi connectivity index (χ4v) is 2.36. The predicted molar refractivity (Wildman–Crippen MR) is 82.0 cm³/mol. The molecule has 1 atom stereocenters. The van der Waals surface area contributed by atoms with E-state index in [0.29, 0.717) is 11.1 Å². The lowest BCUT2D eigenvalue weighted by Crippen LogP contribution is -2.24. The molecule has 2 aromatic carbocycles. The number of halogens is 2. The van der Waals surface area contributed by atoms with E-state index in [4.69, 9.17) is 5.26 Å². The molecule has 0 bridgehead atoms. The molecule has 0 saturated carbocycles. The van der Waals surface area contributed by atoms with E-state index < -0.39 is 23.3 Å². The highest BCUT2D eigenvalue weighted by molar-refractivity contribution is 5.77. The molecular formula is C17H11F2N3O2. The van der Waals surface area contributed by atoms with Crippen molar-refractivity contribution < 1.29 is 13.9 Å². The number of aliphatic hydroxyl groups is 1. The third-order valence-corrected chi connectivity index (χ3v) is 3.66. The van der Waals surface area contributed by atoms with Crippen LogP contribution >= 0.6 is 0 Å². The molecule has 1 aromatic heterocycles. The minimum absolute atomic E-state index is 0.0445. The van der Waals surface area contributed by atoms with Gasteiger partial charge in [0.15, 0.2) is 11.6 Å². The number of benzene rings is 2. The Morgan fingerprint density at radius 2 is 1.88 bits per heavy atom. The fraction of sp³-hybridized carbons (Fsp3) is 0.118. The summed E-state index contributed by atoms with van der Waals surface area (Å²) in [7, 11) is 0. The molecule has 0 aliphatic carbocycles. The van der Waals surface area contributed by atoms with E-state index in [1.165, 1.54) is 6.33 Å². The van der Waals surface area contributed by atoms with Gasteiger partial charge in [0.25, 0.3) is 5.56 Å². The second-order valence-electron chi connectivity index (χ2n) is 5.24. The summed E-state index contributed by atoms with van der Waals surface area (Å²) >= 11 is 0. The number of aromatic nitrogens is 2. The largest absolute Gasteiger partial charge is 0.387 e. The molecule has 0 fully saturated rings. The van der Waals surface area contributed by atoms with E-state index >= 15 is 0 Å². The van der Waals surface area contributed by atoms with Gasteiger partial charge in [-0.05, 0) is 23.8 Å². The van der Waals surface area contributed by atoms with Gasteiger partial charge in [-0.25, -0.2) is 13.8 Å². The molecule has 3 rings (SSSR count). The van der Waals surface area contributed by atoms with Gasteiger partial charge in [-0.3, -0.25) is 9.36 Å². The molecular weight excluding hydrogens is 316 g/mol. The summed E-state index contributed by atoms with van der Waals surface area (Å²) in [6.45, 7) is -0.104. The van der Waals surface area contributed by atoms with Gasteiger partial charge in [0.1, 0.15) is 0 Å². The first-order chi connectivity index (χ1) is 11.5. The molecule has 120 valence electrons. The van der Waals surface area contributed by atoms with Crippen molar-refractivity contribution in [2.75, 3.05) is 0 Å². The molecule has 0 radical (unpaired) electrons. The van der Waals surface area contributed by atoms with Crippen LogP contribution in [0.2, 0.25) is 0 Å². The van der Waals surface area contributed by atoms with Gasteiger partial charge in [0, 0.05) is 6.07 Å². The Morgan fingerprint density at radius 3 is 2.54 bits per heavy atom. The molecule has 24 heavy (non-hydrogen) atoms. The lowest BCUT2D eigenvalue weighted by atomic mass is 10.1. The van der Waals surface area contributed by atoms with Crippen LogP contribution in [0.25, 0.3) is 10.9 Å². The van der Waals surface area contributed by atoms with Gasteiger partial charge < -0.3 is 5.11 Å². The number of hydrogen-bond donors (Lipinski definition) is 1. The standard InChI is InChI=1S/C17H11F2N3O2/c18-13-5-12-15(6-14(13)19)21-9-22(17(12)24)8-16(23)11-3-1-10(7-20)2-4-11/h1-6,9,16,23H,8H2. The van der Waals surface area contributed by atoms with Crippen LogP contribution < -0.4 is 5.56 Å². The Labute approximate surface area is 135 Å². The van der Waals surface area contributed by atoms with E-state index in [-0.39, 0.29) is 17.4 Å². The number of rotatable bonds is 3. The second kappa shape index (κ2) is 6.18. The number of fused-ring (bicyclic) bond motifs is 1. The Hall–Kier alpha value is -3.11. The molecule has 0 amide bonds. The summed E-state index contributed by atoms with van der Waals surface area (Å²) in [6.07, 6.45) is 0.162. The van der Waals surface area contributed by atoms with Gasteiger partial charge in [-0.15, -0.1) is 0 Å². The van der Waals surface area contributed by atoms with Crippen molar-refractivity contribution in [2.24, 2.45) is 0 Å². The van der Waals surface area contributed by atoms with Crippen LogP contribution in [0.4, 0.5) is 8.78 Å². The summed E-state index contributed by atoms with van der Waals surface area (Å²) in [5.41, 5.74) is 0.439. The minimum atomic E-state index is -1.13. The van der Waals surface area contributed by atoms with E-state index in [9.17, 15) is 18.7 Å². The summed E-state index contributed by atoms with van der Waals surface area (Å²) in [5, 5.41) is 18.9. The first kappa shape index (κ1) is 15.8. The SMILES string of the molecule is N#Cc1ccc(C(O)Cn2cnc3cc(F)c(F)cc3c2=O)cc1. The van der Waals surface area contributed by atoms with Crippen molar-refractivity contribution in [2.45, 2.75) is 12.6 Å². The lowest BCUT2D eigenvalue weighted by molar-refractivity contribution is 0.155. The lowest BCUT2D eigenvalue weighted by Gasteiger charge is -2.13. The molecule has 1 unspecified atom stereocenters. The van der Waals surface area contributed by atoms with Crippen molar-refractivity contribution >= 4 is 10.9 Å². The zero-order chi connectivity index (χ0) is 17.3. The Kier molecular flexibility index (Phi) is 4.06. The van der Waals surface area contributed by atoms with Crippen LogP contribution in [0.1, 0.15) is 17.2 Å². The van der Waals surface area contributed by atoms with Crippen LogP contribution in [0, 0.1) is 23.0 Å². The van der Waals surface area contributed by atoms with Gasteiger partial charge in [-0.1, -0.05) is 12.1 Å². The van der Waals surface area contributed by atoms with E-state index in [1.807, 2.05) is 6.07 Å². The minimum Gasteiger partial charge on any atom is -0.387 e. The fourth-order valence-electron chi connectivity index (χ4n) is 2.36. The van der Waals surface area contributed by atoms with Crippen LogP contribution in [-0.4, -0.2) is 14.7 Å². The average Bonchev–Trinajstić information content (AvgIpc) is 2.59. The first-order valence-electron chi connectivity index (χ1n) is 7.02. The van der Waals surface area contributed by atoms with Crippen molar-refractivity contribution in [1.82, 2.24) is 9.55 Å². The highest BCUT2D eigenvalue weighted by Gasteiger charge is 2.13. The molecule has 7 heteroatoms. The first-order valence-corrected chi connectivity index (χ1v) is 7.02. The summed E-state index contributed by atoms with van der Waals surface area (Å²) in [4.78, 5) is 16.3. The number of aliphatic hydroxyl groups excluding tert-OH is 1. The molecule has 5 nitrogen and oxygen atoms in total. The molecule has 0 aliphatic heterocycles. The van der Waals surface area contributed by atoms with Gasteiger partial charge in [0.2, 0.25) is 0 Å². The molecule has 1 N–H and O–H groups in total. The summed E-state index contributed by atoms with van der Waals surface area (Å²) in [6, 6.07) is 9.89. The Balaban J connectivity index is 1.94. The molecule has 1 heterocycles. The normalized spacial score (nSPS) is 12.1. The van der Waals surface area contributed by atoms with Crippen molar-refractivity contribution in [1.29, 1.82) is 5.26 Å². The van der Waals surface area contributed by atoms with E-state index in [0.717, 1.165) is 16.7 Å². The smallest absolute Gasteiger partial charge is 0.261 e. The third-order valence-electron chi connectivity index (χ3n) is 3.66. The molecule has 0 aliphatic rings. The maximum Gasteiger partial charge on any atom is 0.261 e. The van der Waals surface area contributed by atoms with E-state index in [1.54, 1.807) is 24.3 Å². The maximum absolute atomic E-state index is 13.3. The van der Waals surface area contributed by atoms with E-state index in [2.05, 4.69) is 4.98 Å². The molecule has 0 spiro atoms. The third kappa shape index (κ3) is 2.87. The summed E-state index contributed by atoms with van der Waals surface area (Å²) in [5.74, 6) is -2.21. The van der Waals surface area contributed by atoms with Crippen LogP contribution in [0.15, 0.2) is 47.5 Å². The molecule has 0 saturated heterocycles. The van der Waals surface area contributed by atoms with Crippen LogP contribution in [0.3, 0.4) is 0 Å². The zero-order valence-electron chi connectivity index (χ0n) is 12.3. The average molecular weight is 327 g/mol. The maximum atomic E-state index is 13.3. The van der Waals surface area contributed by atoms with Crippen LogP contribution in [-0.2, 0) is 6.54 Å². The van der Waals surface area contributed by atoms with Gasteiger partial charge in [-0.2, -0.15) is 5.26 Å². The topological polar surface area (TPSA) is 78.9 Å². The van der Waals surface area contributed by atoms with Crippen molar-refractivity contribution in [3.05, 3.63) is 75.8 Å². The zero-order valence-corrected chi connectivity index (χ0v) is 12.3. The van der Waals surface area contributed by atoms with Crippen molar-refractivity contribution in [3.8, 4) is 6.07 Å². The number of nitriles is 1. The monoisotopic (exact) mass is 327 g/mol. The highest BCUT2D eigenvalue weighted by Crippen LogP contribution is 2.17. The van der Waals surface area contributed by atoms with Crippen molar-refractivity contribution in [3.63, 3.8) is 0 Å². The number of nitrogens with zero attached hydrogens (tertiary/aromatic N) is 3.